The number of fused-ring (bicyclic) bond motifs is 3. The van der Waals surface area contributed by atoms with E-state index in [9.17, 15) is 9.90 Å². The highest BCUT2D eigenvalue weighted by atomic mass is 16.5. The average molecular weight is 330 g/mol. The van der Waals surface area contributed by atoms with Crippen LogP contribution in [0.4, 0.5) is 0 Å². The molecule has 0 aliphatic heterocycles. The minimum atomic E-state index is -0.517. The number of ether oxygens (including phenoxy) is 1. The van der Waals surface area contributed by atoms with E-state index < -0.39 is 11.5 Å². The number of carbonyl (C=O) groups is 1. The van der Waals surface area contributed by atoms with E-state index in [1.807, 2.05) is 6.92 Å². The van der Waals surface area contributed by atoms with Crippen molar-refractivity contribution in [3.63, 3.8) is 0 Å². The number of benzene rings is 1. The van der Waals surface area contributed by atoms with Crippen LogP contribution < -0.4 is 0 Å². The van der Waals surface area contributed by atoms with Gasteiger partial charge in [0.25, 0.3) is 0 Å². The van der Waals surface area contributed by atoms with Crippen molar-refractivity contribution < 1.29 is 14.6 Å². The third-order valence-electron chi connectivity index (χ3n) is 6.76. The highest BCUT2D eigenvalue weighted by Crippen LogP contribution is 2.59. The number of esters is 1. The van der Waals surface area contributed by atoms with Crippen molar-refractivity contribution in [2.75, 3.05) is 7.11 Å². The molecule has 2 aliphatic rings. The monoisotopic (exact) mass is 330 g/mol. The van der Waals surface area contributed by atoms with E-state index in [2.05, 4.69) is 39.0 Å². The molecule has 3 rings (SSSR count). The average Bonchev–Trinajstić information content (AvgIpc) is 2.56. The van der Waals surface area contributed by atoms with Gasteiger partial charge in [-0.05, 0) is 60.1 Å². The van der Waals surface area contributed by atoms with E-state index in [0.29, 0.717) is 12.3 Å². The lowest BCUT2D eigenvalue weighted by Gasteiger charge is -2.55. The van der Waals surface area contributed by atoms with Crippen molar-refractivity contribution >= 4 is 5.97 Å². The van der Waals surface area contributed by atoms with Gasteiger partial charge in [0.2, 0.25) is 0 Å². The van der Waals surface area contributed by atoms with Crippen LogP contribution in [-0.2, 0) is 14.9 Å². The summed E-state index contributed by atoms with van der Waals surface area (Å²) in [7, 11) is 1.47. The Kier molecular flexibility index (Phi) is 4.28. The second-order valence-electron chi connectivity index (χ2n) is 8.49. The highest BCUT2D eigenvalue weighted by Gasteiger charge is 2.57. The number of carbonyl (C=O) groups excluding carboxylic acids is 1. The number of aliphatic hydroxyl groups excluding tert-OH is 1. The first-order chi connectivity index (χ1) is 11.2. The molecule has 4 atom stereocenters. The van der Waals surface area contributed by atoms with E-state index in [4.69, 9.17) is 4.74 Å². The predicted molar refractivity (Wildman–Crippen MR) is 94.9 cm³/mol. The Hall–Kier alpha value is -1.35. The molecule has 1 saturated carbocycles. The van der Waals surface area contributed by atoms with Gasteiger partial charge in [0, 0.05) is 0 Å². The van der Waals surface area contributed by atoms with Gasteiger partial charge in [-0.3, -0.25) is 4.79 Å². The zero-order valence-electron chi connectivity index (χ0n) is 15.6. The molecule has 0 unspecified atom stereocenters. The van der Waals surface area contributed by atoms with Crippen LogP contribution in [0.5, 0.6) is 0 Å². The SMILES string of the molecule is COC(=O)[C@]1(C)CCC[C@]2(C)c3ccc(C(C)C)cc3[C@@H](O)C[C@@H]12. The maximum atomic E-state index is 12.5. The lowest BCUT2D eigenvalue weighted by molar-refractivity contribution is -0.162. The quantitative estimate of drug-likeness (QED) is 0.813. The Morgan fingerprint density at radius 3 is 2.62 bits per heavy atom. The van der Waals surface area contributed by atoms with Gasteiger partial charge in [0.15, 0.2) is 0 Å². The first-order valence-electron chi connectivity index (χ1n) is 9.15. The molecule has 24 heavy (non-hydrogen) atoms. The predicted octanol–water partition coefficient (Wildman–Crippen LogP) is 4.48. The van der Waals surface area contributed by atoms with Crippen LogP contribution in [0.25, 0.3) is 0 Å². The van der Waals surface area contributed by atoms with Gasteiger partial charge >= 0.3 is 5.97 Å². The summed E-state index contributed by atoms with van der Waals surface area (Å²) in [5.41, 5.74) is 2.96. The molecule has 0 aromatic heterocycles. The van der Waals surface area contributed by atoms with Crippen molar-refractivity contribution in [1.29, 1.82) is 0 Å². The summed E-state index contributed by atoms with van der Waals surface area (Å²) >= 11 is 0. The minimum absolute atomic E-state index is 0.0781. The molecule has 0 amide bonds. The van der Waals surface area contributed by atoms with Crippen molar-refractivity contribution in [2.24, 2.45) is 11.3 Å². The van der Waals surface area contributed by atoms with Crippen molar-refractivity contribution in [1.82, 2.24) is 0 Å². The number of hydrogen-bond acceptors (Lipinski definition) is 3. The Morgan fingerprint density at radius 1 is 1.29 bits per heavy atom. The van der Waals surface area contributed by atoms with Crippen LogP contribution in [0.2, 0.25) is 0 Å². The molecule has 1 N–H and O–H groups in total. The highest BCUT2D eigenvalue weighted by molar-refractivity contribution is 5.77. The fourth-order valence-electron chi connectivity index (χ4n) is 5.28. The largest absolute Gasteiger partial charge is 0.469 e. The third-order valence-corrected chi connectivity index (χ3v) is 6.76. The van der Waals surface area contributed by atoms with Gasteiger partial charge in [-0.1, -0.05) is 45.4 Å². The molecule has 0 spiro atoms. The first-order valence-corrected chi connectivity index (χ1v) is 9.15. The summed E-state index contributed by atoms with van der Waals surface area (Å²) in [4.78, 5) is 12.5. The molecule has 0 radical (unpaired) electrons. The lowest BCUT2D eigenvalue weighted by atomic mass is 9.49. The van der Waals surface area contributed by atoms with E-state index in [0.717, 1.165) is 24.8 Å². The van der Waals surface area contributed by atoms with Crippen LogP contribution >= 0.6 is 0 Å². The van der Waals surface area contributed by atoms with E-state index in [1.165, 1.54) is 18.2 Å². The summed E-state index contributed by atoms with van der Waals surface area (Å²) in [5.74, 6) is 0.422. The molecule has 0 heterocycles. The van der Waals surface area contributed by atoms with Gasteiger partial charge in [-0.15, -0.1) is 0 Å². The number of rotatable bonds is 2. The molecule has 1 aromatic rings. The summed E-state index contributed by atoms with van der Waals surface area (Å²) in [6.45, 7) is 8.66. The summed E-state index contributed by atoms with van der Waals surface area (Å²) in [6, 6.07) is 6.56. The topological polar surface area (TPSA) is 46.5 Å². The van der Waals surface area contributed by atoms with Gasteiger partial charge in [-0.25, -0.2) is 0 Å². The van der Waals surface area contributed by atoms with Crippen molar-refractivity contribution in [2.45, 2.75) is 70.8 Å². The normalized spacial score (nSPS) is 35.3. The van der Waals surface area contributed by atoms with Crippen molar-refractivity contribution in [3.05, 3.63) is 34.9 Å². The molecular formula is C21H30O3. The number of methoxy groups -OCH3 is 1. The third kappa shape index (κ3) is 2.40. The first kappa shape index (κ1) is 17.5. The number of hydrogen-bond donors (Lipinski definition) is 1. The van der Waals surface area contributed by atoms with Crippen LogP contribution in [0.15, 0.2) is 18.2 Å². The maximum absolute atomic E-state index is 12.5. The zero-order chi connectivity index (χ0) is 17.7. The van der Waals surface area contributed by atoms with Crippen LogP contribution in [-0.4, -0.2) is 18.2 Å². The Labute approximate surface area is 145 Å². The van der Waals surface area contributed by atoms with Gasteiger partial charge in [0.05, 0.1) is 18.6 Å². The van der Waals surface area contributed by atoms with Crippen molar-refractivity contribution in [3.8, 4) is 0 Å². The van der Waals surface area contributed by atoms with Crippen LogP contribution in [0, 0.1) is 11.3 Å². The minimum Gasteiger partial charge on any atom is -0.469 e. The molecule has 0 saturated heterocycles. The molecule has 3 heteroatoms. The Morgan fingerprint density at radius 2 is 2.00 bits per heavy atom. The molecule has 1 fully saturated rings. The van der Waals surface area contributed by atoms with Gasteiger partial charge in [-0.2, -0.15) is 0 Å². The fraction of sp³-hybridized carbons (Fsp3) is 0.667. The summed E-state index contributed by atoms with van der Waals surface area (Å²) in [6.07, 6.45) is 3.05. The zero-order valence-corrected chi connectivity index (χ0v) is 15.6. The molecule has 2 aliphatic carbocycles. The molecule has 3 nitrogen and oxygen atoms in total. The van der Waals surface area contributed by atoms with Gasteiger partial charge < -0.3 is 9.84 Å². The molecule has 1 aromatic carbocycles. The van der Waals surface area contributed by atoms with Gasteiger partial charge in [0.1, 0.15) is 0 Å². The van der Waals surface area contributed by atoms with E-state index in [1.54, 1.807) is 0 Å². The molecule has 132 valence electrons. The second-order valence-corrected chi connectivity index (χ2v) is 8.49. The molecular weight excluding hydrogens is 300 g/mol. The number of aliphatic hydroxyl groups is 1. The van der Waals surface area contributed by atoms with Crippen LogP contribution in [0.1, 0.15) is 82.1 Å². The standard InChI is InChI=1S/C21H30O3/c1-13(2)14-7-8-16-15(11-14)17(22)12-18-20(16,3)9-6-10-21(18,4)19(23)24-5/h7-8,11,13,17-18,22H,6,9-10,12H2,1-5H3/t17-,18+,20+,21+/m0/s1. The second kappa shape index (κ2) is 5.87. The van der Waals surface area contributed by atoms with Crippen LogP contribution in [0.3, 0.4) is 0 Å². The van der Waals surface area contributed by atoms with E-state index in [-0.39, 0.29) is 17.3 Å². The fourth-order valence-corrected chi connectivity index (χ4v) is 5.28. The van der Waals surface area contributed by atoms with E-state index >= 15 is 0 Å². The Balaban J connectivity index is 2.12. The smallest absolute Gasteiger partial charge is 0.311 e. The maximum Gasteiger partial charge on any atom is 0.311 e. The summed E-state index contributed by atoms with van der Waals surface area (Å²) < 4.78 is 5.14. The Bertz CT molecular complexity index is 650. The molecule has 0 bridgehead atoms. The summed E-state index contributed by atoms with van der Waals surface area (Å²) in [5, 5.41) is 10.9. The lowest BCUT2D eigenvalue weighted by Crippen LogP contribution is -2.53.